The minimum atomic E-state index is -1.67. The summed E-state index contributed by atoms with van der Waals surface area (Å²) in [6.45, 7) is 27.7. The van der Waals surface area contributed by atoms with Crippen LogP contribution in [0.5, 0.6) is 0 Å². The lowest BCUT2D eigenvalue weighted by atomic mass is 10.2. The van der Waals surface area contributed by atoms with Gasteiger partial charge in [-0.1, -0.05) is 75.2 Å². The average Bonchev–Trinajstić information content (AvgIpc) is 2.43. The Balaban J connectivity index is 4.10. The lowest BCUT2D eigenvalue weighted by Crippen LogP contribution is -2.47. The largest absolute Gasteiger partial charge is 0.417 e. The van der Waals surface area contributed by atoms with Gasteiger partial charge in [-0.05, 0) is 47.6 Å². The van der Waals surface area contributed by atoms with Crippen molar-refractivity contribution in [1.82, 2.24) is 0 Å². The first-order chi connectivity index (χ1) is 11.3. The third-order valence-electron chi connectivity index (χ3n) is 6.37. The number of hydrogen-bond acceptors (Lipinski definition) is 2. The van der Waals surface area contributed by atoms with E-state index in [1.165, 1.54) is 25.7 Å². The van der Waals surface area contributed by atoms with E-state index in [1.807, 2.05) is 0 Å². The maximum atomic E-state index is 6.63. The molecule has 0 unspecified atom stereocenters. The summed E-state index contributed by atoms with van der Waals surface area (Å²) in [6.07, 6.45) is 4.91. The van der Waals surface area contributed by atoms with Crippen LogP contribution in [0, 0.1) is 0 Å². The van der Waals surface area contributed by atoms with E-state index in [-0.39, 0.29) is 0 Å². The van der Waals surface area contributed by atoms with Crippen molar-refractivity contribution in [3.05, 3.63) is 0 Å². The van der Waals surface area contributed by atoms with E-state index in [0.29, 0.717) is 21.7 Å². The highest BCUT2D eigenvalue weighted by molar-refractivity contribution is 6.77. The van der Waals surface area contributed by atoms with Crippen LogP contribution in [0.15, 0.2) is 0 Å². The molecule has 0 radical (unpaired) electrons. The van der Waals surface area contributed by atoms with Crippen LogP contribution in [-0.4, -0.2) is 29.8 Å². The van der Waals surface area contributed by atoms with Crippen molar-refractivity contribution in [2.75, 3.05) is 13.2 Å². The van der Waals surface area contributed by atoms with E-state index in [4.69, 9.17) is 8.85 Å². The third kappa shape index (κ3) is 7.47. The first kappa shape index (κ1) is 25.4. The molecule has 0 saturated carbocycles. The van der Waals surface area contributed by atoms with Gasteiger partial charge in [0.1, 0.15) is 0 Å². The summed E-state index contributed by atoms with van der Waals surface area (Å²) in [6, 6.07) is 0. The molecule has 2 nitrogen and oxygen atoms in total. The lowest BCUT2D eigenvalue weighted by Gasteiger charge is -2.42. The van der Waals surface area contributed by atoms with Gasteiger partial charge >= 0.3 is 0 Å². The Morgan fingerprint density at radius 2 is 1.00 bits per heavy atom. The van der Waals surface area contributed by atoms with Gasteiger partial charge in [0.15, 0.2) is 16.6 Å². The van der Waals surface area contributed by atoms with E-state index in [2.05, 4.69) is 75.4 Å². The van der Waals surface area contributed by atoms with Crippen molar-refractivity contribution >= 4 is 16.6 Å². The molecule has 25 heavy (non-hydrogen) atoms. The smallest absolute Gasteiger partial charge is 0.200 e. The molecule has 0 spiro atoms. The second-order valence-electron chi connectivity index (χ2n) is 10.2. The molecule has 0 aromatic rings. The van der Waals surface area contributed by atoms with Crippen molar-refractivity contribution in [3.8, 4) is 0 Å². The molecule has 152 valence electrons. The van der Waals surface area contributed by atoms with Crippen LogP contribution >= 0.6 is 0 Å². The molecular weight excluding hydrogens is 340 g/mol. The number of hydrogen-bond donors (Lipinski definition) is 0. The molecule has 0 aliphatic heterocycles. The molecule has 0 heterocycles. The summed E-state index contributed by atoms with van der Waals surface area (Å²) < 4.78 is 12.9. The number of rotatable bonds is 12. The number of unbranched alkanes of at least 4 members (excludes halogenated alkanes) is 3. The van der Waals surface area contributed by atoms with Crippen molar-refractivity contribution in [2.24, 2.45) is 0 Å². The Hall–Kier alpha value is 0.354. The summed E-state index contributed by atoms with van der Waals surface area (Å²) in [5.41, 5.74) is 2.06. The molecule has 0 fully saturated rings. The fourth-order valence-corrected chi connectivity index (χ4v) is 10.4. The Morgan fingerprint density at radius 3 is 1.32 bits per heavy atom. The van der Waals surface area contributed by atoms with Gasteiger partial charge in [0.2, 0.25) is 0 Å². The Bertz CT molecular complexity index is 336. The molecule has 0 aromatic heterocycles. The highest BCUT2D eigenvalue weighted by atomic mass is 28.4. The van der Waals surface area contributed by atoms with Gasteiger partial charge in [0.05, 0.1) is 0 Å². The second kappa shape index (κ2) is 10.6. The molecule has 0 atom stereocenters. The average molecular weight is 389 g/mol. The molecule has 0 rings (SSSR count). The van der Waals surface area contributed by atoms with Gasteiger partial charge in [-0.15, -0.1) is 0 Å². The molecule has 0 saturated heterocycles. The fourth-order valence-electron chi connectivity index (χ4n) is 3.85. The Morgan fingerprint density at radius 1 is 0.640 bits per heavy atom. The van der Waals surface area contributed by atoms with Crippen LogP contribution in [0.1, 0.15) is 88.0 Å². The quantitative estimate of drug-likeness (QED) is 0.251. The monoisotopic (exact) mass is 388 g/mol. The molecule has 0 bridgehead atoms. The first-order valence-electron chi connectivity index (χ1n) is 10.6. The summed E-state index contributed by atoms with van der Waals surface area (Å²) >= 11 is 0. The first-order valence-corrected chi connectivity index (χ1v) is 15.6. The van der Waals surface area contributed by atoms with Crippen molar-refractivity contribution < 1.29 is 8.85 Å². The standard InChI is InChI=1S/C21H48O2Si2/c1-18(2)25(19(3)4,20(5)6)23-17-15-13-12-14-16-22-24(10,11)21(7,8)9/h18-20H,12-17H2,1-11H3. The summed E-state index contributed by atoms with van der Waals surface area (Å²) in [4.78, 5) is 0. The van der Waals surface area contributed by atoms with Crippen LogP contribution in [0.4, 0.5) is 0 Å². The Kier molecular flexibility index (Phi) is 10.8. The van der Waals surface area contributed by atoms with Gasteiger partial charge in [-0.2, -0.15) is 0 Å². The molecule has 4 heteroatoms. The molecular formula is C21H48O2Si2. The zero-order valence-corrected chi connectivity index (χ0v) is 21.3. The highest BCUT2D eigenvalue weighted by Crippen LogP contribution is 2.42. The summed E-state index contributed by atoms with van der Waals surface area (Å²) in [5.74, 6) is 0. The van der Waals surface area contributed by atoms with Crippen LogP contribution in [0.25, 0.3) is 0 Å². The maximum Gasteiger partial charge on any atom is 0.200 e. The maximum absolute atomic E-state index is 6.63. The van der Waals surface area contributed by atoms with Gasteiger partial charge in [-0.25, -0.2) is 0 Å². The van der Waals surface area contributed by atoms with Crippen molar-refractivity contribution in [3.63, 3.8) is 0 Å². The van der Waals surface area contributed by atoms with Crippen molar-refractivity contribution in [1.29, 1.82) is 0 Å². The SMILES string of the molecule is CC(C)[Si](OCCCCCCO[Si](C)(C)C(C)(C)C)(C(C)C)C(C)C. The van der Waals surface area contributed by atoms with Crippen molar-refractivity contribution in [2.45, 2.75) is 123 Å². The van der Waals surface area contributed by atoms with Crippen LogP contribution in [-0.2, 0) is 8.85 Å². The Labute approximate surface area is 161 Å². The molecule has 0 N–H and O–H groups in total. The van der Waals surface area contributed by atoms with Crippen LogP contribution in [0.3, 0.4) is 0 Å². The minimum absolute atomic E-state index is 0.319. The summed E-state index contributed by atoms with van der Waals surface area (Å²) in [5, 5.41) is 0.319. The molecule has 0 aliphatic rings. The van der Waals surface area contributed by atoms with Gasteiger partial charge in [0.25, 0.3) is 0 Å². The predicted octanol–water partition coefficient (Wildman–Crippen LogP) is 7.76. The minimum Gasteiger partial charge on any atom is -0.417 e. The fraction of sp³-hybridized carbons (Fsp3) is 1.00. The van der Waals surface area contributed by atoms with E-state index in [1.54, 1.807) is 0 Å². The van der Waals surface area contributed by atoms with E-state index in [0.717, 1.165) is 13.2 Å². The topological polar surface area (TPSA) is 18.5 Å². The van der Waals surface area contributed by atoms with E-state index < -0.39 is 16.6 Å². The predicted molar refractivity (Wildman–Crippen MR) is 119 cm³/mol. The second-order valence-corrected chi connectivity index (χ2v) is 20.5. The lowest BCUT2D eigenvalue weighted by molar-refractivity contribution is 0.257. The normalized spacial score (nSPS) is 14.2. The highest BCUT2D eigenvalue weighted by Gasteiger charge is 2.44. The van der Waals surface area contributed by atoms with E-state index >= 15 is 0 Å². The van der Waals surface area contributed by atoms with Gasteiger partial charge < -0.3 is 8.85 Å². The molecule has 0 aromatic carbocycles. The zero-order valence-electron chi connectivity index (χ0n) is 19.3. The van der Waals surface area contributed by atoms with Gasteiger partial charge in [-0.3, -0.25) is 0 Å². The zero-order chi connectivity index (χ0) is 19.9. The third-order valence-corrected chi connectivity index (χ3v) is 17.0. The molecule has 0 amide bonds. The van der Waals surface area contributed by atoms with E-state index in [9.17, 15) is 0 Å². The summed E-state index contributed by atoms with van der Waals surface area (Å²) in [7, 11) is -3.23. The van der Waals surface area contributed by atoms with Crippen LogP contribution < -0.4 is 0 Å². The van der Waals surface area contributed by atoms with Crippen LogP contribution in [0.2, 0.25) is 34.8 Å². The van der Waals surface area contributed by atoms with Gasteiger partial charge in [0, 0.05) is 13.2 Å². The molecule has 0 aliphatic carbocycles.